The van der Waals surface area contributed by atoms with Gasteiger partial charge in [-0.15, -0.1) is 11.6 Å². The van der Waals surface area contributed by atoms with Gasteiger partial charge in [-0.05, 0) is 24.3 Å². The summed E-state index contributed by atoms with van der Waals surface area (Å²) >= 11 is 17.5. The summed E-state index contributed by atoms with van der Waals surface area (Å²) in [4.78, 5) is 8.58. The van der Waals surface area contributed by atoms with Crippen molar-refractivity contribution in [1.82, 2.24) is 14.5 Å². The van der Waals surface area contributed by atoms with E-state index in [9.17, 15) is 4.39 Å². The Morgan fingerprint density at radius 2 is 2.00 bits per heavy atom. The smallest absolute Gasteiger partial charge is 0.164 e. The Bertz CT molecular complexity index is 801. The van der Waals surface area contributed by atoms with Crippen LogP contribution in [0.4, 0.5) is 4.39 Å². The third kappa shape index (κ3) is 2.24. The quantitative estimate of drug-likeness (QED) is 0.643. The molecule has 0 aliphatic rings. The van der Waals surface area contributed by atoms with Gasteiger partial charge in [0, 0.05) is 6.20 Å². The van der Waals surface area contributed by atoms with Crippen molar-refractivity contribution in [3.05, 3.63) is 52.1 Å². The van der Waals surface area contributed by atoms with E-state index >= 15 is 0 Å². The molecular formula is C13H7Cl3FN3. The molecular weight excluding hydrogens is 324 g/mol. The zero-order valence-electron chi connectivity index (χ0n) is 9.95. The maximum absolute atomic E-state index is 13.6. The van der Waals surface area contributed by atoms with Crippen LogP contribution in [0.3, 0.4) is 0 Å². The fourth-order valence-corrected chi connectivity index (χ4v) is 2.42. The van der Waals surface area contributed by atoms with E-state index in [0.717, 1.165) is 0 Å². The molecule has 0 radical (unpaired) electrons. The van der Waals surface area contributed by atoms with Gasteiger partial charge in [-0.2, -0.15) is 0 Å². The Kier molecular flexibility index (Phi) is 3.54. The van der Waals surface area contributed by atoms with Crippen molar-refractivity contribution in [2.75, 3.05) is 0 Å². The van der Waals surface area contributed by atoms with Gasteiger partial charge in [-0.25, -0.2) is 14.4 Å². The number of hydrogen-bond acceptors (Lipinski definition) is 2. The third-order valence-electron chi connectivity index (χ3n) is 2.81. The summed E-state index contributed by atoms with van der Waals surface area (Å²) in [5.41, 5.74) is 1.72. The van der Waals surface area contributed by atoms with E-state index in [2.05, 4.69) is 9.97 Å². The van der Waals surface area contributed by atoms with Crippen molar-refractivity contribution < 1.29 is 4.39 Å². The molecule has 0 saturated heterocycles. The molecule has 0 saturated carbocycles. The van der Waals surface area contributed by atoms with E-state index in [1.54, 1.807) is 16.7 Å². The molecule has 102 valence electrons. The summed E-state index contributed by atoms with van der Waals surface area (Å²) in [5.74, 6) is 0.205. The molecule has 0 atom stereocenters. The molecule has 3 rings (SSSR count). The molecule has 0 unspecified atom stereocenters. The predicted molar refractivity (Wildman–Crippen MR) is 78.4 cm³/mol. The Labute approximate surface area is 128 Å². The Hall–Kier alpha value is -1.36. The van der Waals surface area contributed by atoms with Gasteiger partial charge in [0.25, 0.3) is 0 Å². The second-order valence-corrected chi connectivity index (χ2v) is 5.20. The second kappa shape index (κ2) is 5.20. The summed E-state index contributed by atoms with van der Waals surface area (Å²) in [7, 11) is 0. The van der Waals surface area contributed by atoms with Gasteiger partial charge < -0.3 is 0 Å². The van der Waals surface area contributed by atoms with Crippen molar-refractivity contribution in [2.24, 2.45) is 0 Å². The molecule has 7 heteroatoms. The first-order chi connectivity index (χ1) is 9.60. The standard InChI is InChI=1S/C13H7Cl3FN3/c14-5-12-19-11-3-7(15)6-18-13(11)20(12)8-1-2-9(16)10(17)4-8/h1-4,6H,5H2. The number of hydrogen-bond donors (Lipinski definition) is 0. The molecule has 3 nitrogen and oxygen atoms in total. The van der Waals surface area contributed by atoms with Gasteiger partial charge in [0.1, 0.15) is 17.2 Å². The fourth-order valence-electron chi connectivity index (χ4n) is 1.97. The predicted octanol–water partition coefficient (Wildman–Crippen LogP) is 4.61. The number of nitrogens with zero attached hydrogens (tertiary/aromatic N) is 3. The fraction of sp³-hybridized carbons (Fsp3) is 0.0769. The highest BCUT2D eigenvalue weighted by atomic mass is 35.5. The molecule has 0 spiro atoms. The topological polar surface area (TPSA) is 30.7 Å². The van der Waals surface area contributed by atoms with Gasteiger partial charge in [-0.1, -0.05) is 23.2 Å². The van der Waals surface area contributed by atoms with Crippen molar-refractivity contribution in [1.29, 1.82) is 0 Å². The molecule has 1 aromatic carbocycles. The largest absolute Gasteiger partial charge is 0.280 e. The van der Waals surface area contributed by atoms with E-state index in [-0.39, 0.29) is 10.9 Å². The number of pyridine rings is 1. The van der Waals surface area contributed by atoms with Crippen LogP contribution >= 0.6 is 34.8 Å². The van der Waals surface area contributed by atoms with Gasteiger partial charge >= 0.3 is 0 Å². The van der Waals surface area contributed by atoms with Crippen LogP contribution in [0.1, 0.15) is 5.82 Å². The lowest BCUT2D eigenvalue weighted by molar-refractivity contribution is 0.627. The summed E-state index contributed by atoms with van der Waals surface area (Å²) in [5, 5.41) is 0.534. The second-order valence-electron chi connectivity index (χ2n) is 4.09. The number of rotatable bonds is 2. The summed E-state index contributed by atoms with van der Waals surface area (Å²) < 4.78 is 15.3. The maximum Gasteiger partial charge on any atom is 0.164 e. The average molecular weight is 331 g/mol. The lowest BCUT2D eigenvalue weighted by atomic mass is 10.3. The van der Waals surface area contributed by atoms with Gasteiger partial charge in [0.05, 0.1) is 21.6 Å². The molecule has 0 amide bonds. The van der Waals surface area contributed by atoms with Crippen LogP contribution in [0, 0.1) is 5.82 Å². The zero-order chi connectivity index (χ0) is 14.3. The Morgan fingerprint density at radius 3 is 2.70 bits per heavy atom. The number of fused-ring (bicyclic) bond motifs is 1. The minimum atomic E-state index is -0.513. The van der Waals surface area contributed by atoms with E-state index in [0.29, 0.717) is 27.7 Å². The molecule has 0 fully saturated rings. The molecule has 3 aromatic rings. The molecule has 2 aromatic heterocycles. The first-order valence-corrected chi connectivity index (χ1v) is 6.93. The number of halogens is 4. The molecule has 2 heterocycles. The van der Waals surface area contributed by atoms with Crippen LogP contribution in [-0.4, -0.2) is 14.5 Å². The minimum absolute atomic E-state index is 0.0570. The first kappa shape index (κ1) is 13.6. The number of alkyl halides is 1. The molecule has 20 heavy (non-hydrogen) atoms. The Morgan fingerprint density at radius 1 is 1.20 bits per heavy atom. The van der Waals surface area contributed by atoms with E-state index in [1.807, 2.05) is 0 Å². The SMILES string of the molecule is Fc1cc(-n2c(CCl)nc3cc(Cl)cnc32)ccc1Cl. The summed E-state index contributed by atoms with van der Waals surface area (Å²) in [6.07, 6.45) is 1.51. The van der Waals surface area contributed by atoms with Crippen LogP contribution in [-0.2, 0) is 5.88 Å². The van der Waals surface area contributed by atoms with Crippen molar-refractivity contribution in [3.8, 4) is 5.69 Å². The van der Waals surface area contributed by atoms with Crippen LogP contribution in [0.15, 0.2) is 30.5 Å². The molecule has 0 bridgehead atoms. The lowest BCUT2D eigenvalue weighted by Crippen LogP contribution is -2.01. The van der Waals surface area contributed by atoms with Crippen molar-refractivity contribution in [3.63, 3.8) is 0 Å². The zero-order valence-corrected chi connectivity index (χ0v) is 12.2. The highest BCUT2D eigenvalue weighted by Crippen LogP contribution is 2.25. The van der Waals surface area contributed by atoms with Gasteiger partial charge in [-0.3, -0.25) is 4.57 Å². The summed E-state index contributed by atoms with van der Waals surface area (Å²) in [6.45, 7) is 0. The molecule has 0 aliphatic heterocycles. The highest BCUT2D eigenvalue weighted by molar-refractivity contribution is 6.31. The molecule has 0 aliphatic carbocycles. The monoisotopic (exact) mass is 329 g/mol. The van der Waals surface area contributed by atoms with Crippen LogP contribution in [0.25, 0.3) is 16.9 Å². The normalized spacial score (nSPS) is 11.2. The summed E-state index contributed by atoms with van der Waals surface area (Å²) in [6, 6.07) is 6.16. The first-order valence-electron chi connectivity index (χ1n) is 5.64. The maximum atomic E-state index is 13.6. The number of imidazole rings is 1. The van der Waals surface area contributed by atoms with Crippen molar-refractivity contribution >= 4 is 46.0 Å². The van der Waals surface area contributed by atoms with Crippen molar-refractivity contribution in [2.45, 2.75) is 5.88 Å². The molecule has 0 N–H and O–H groups in total. The number of benzene rings is 1. The van der Waals surface area contributed by atoms with Gasteiger partial charge in [0.2, 0.25) is 0 Å². The minimum Gasteiger partial charge on any atom is -0.280 e. The van der Waals surface area contributed by atoms with Crippen LogP contribution < -0.4 is 0 Å². The van der Waals surface area contributed by atoms with Crippen LogP contribution in [0.2, 0.25) is 10.0 Å². The lowest BCUT2D eigenvalue weighted by Gasteiger charge is -2.07. The van der Waals surface area contributed by atoms with E-state index < -0.39 is 5.82 Å². The van der Waals surface area contributed by atoms with Gasteiger partial charge in [0.15, 0.2) is 5.65 Å². The van der Waals surface area contributed by atoms with Crippen LogP contribution in [0.5, 0.6) is 0 Å². The number of aromatic nitrogens is 3. The Balaban J connectivity index is 2.30. The van der Waals surface area contributed by atoms with E-state index in [1.165, 1.54) is 18.3 Å². The third-order valence-corrected chi connectivity index (χ3v) is 3.57. The average Bonchev–Trinajstić information content (AvgIpc) is 2.79. The van der Waals surface area contributed by atoms with E-state index in [4.69, 9.17) is 34.8 Å². The highest BCUT2D eigenvalue weighted by Gasteiger charge is 2.14.